The first-order valence-corrected chi connectivity index (χ1v) is 8.36. The Labute approximate surface area is 133 Å². The smallest absolute Gasteiger partial charge is 0.248 e. The fourth-order valence-corrected chi connectivity index (χ4v) is 3.57. The number of aliphatic hydroxyl groups is 1. The van der Waals surface area contributed by atoms with Gasteiger partial charge in [0.25, 0.3) is 0 Å². The number of thiophene rings is 1. The summed E-state index contributed by atoms with van der Waals surface area (Å²) in [6.07, 6.45) is 4.23. The third-order valence-electron chi connectivity index (χ3n) is 4.18. The van der Waals surface area contributed by atoms with Gasteiger partial charge in [-0.15, -0.1) is 0 Å². The average Bonchev–Trinajstić information content (AvgIpc) is 3.25. The van der Waals surface area contributed by atoms with Gasteiger partial charge in [0, 0.05) is 18.9 Å². The Kier molecular flexibility index (Phi) is 4.56. The van der Waals surface area contributed by atoms with E-state index < -0.39 is 11.6 Å². The summed E-state index contributed by atoms with van der Waals surface area (Å²) in [4.78, 5) is 12.8. The van der Waals surface area contributed by atoms with Crippen LogP contribution in [0.5, 0.6) is 0 Å². The Bertz CT molecular complexity index is 591. The molecule has 0 saturated carbocycles. The second-order valence-corrected chi connectivity index (χ2v) is 6.29. The predicted octanol–water partition coefficient (Wildman–Crippen LogP) is 0.873. The lowest BCUT2D eigenvalue weighted by atomic mass is 9.87. The van der Waals surface area contributed by atoms with Gasteiger partial charge in [0.05, 0.1) is 6.10 Å². The molecule has 0 aromatic carbocycles. The van der Waals surface area contributed by atoms with Crippen LogP contribution in [0.15, 0.2) is 35.3 Å². The van der Waals surface area contributed by atoms with Crippen molar-refractivity contribution in [3.8, 4) is 0 Å². The van der Waals surface area contributed by atoms with E-state index in [9.17, 15) is 9.90 Å². The van der Waals surface area contributed by atoms with Crippen LogP contribution in [0, 0.1) is 0 Å². The van der Waals surface area contributed by atoms with E-state index in [1.165, 1.54) is 11.3 Å². The number of amides is 1. The highest BCUT2D eigenvalue weighted by Crippen LogP contribution is 2.27. The standard InChI is InChI=1S/C15H20N4O2S/c20-13(12-2-9-22-11-12)10-17-14(21)15(3-6-16-7-4-15)19-8-1-5-18-19/h1-2,5,8-9,11,13,16,20H,3-4,6-7,10H2,(H,17,21). The molecule has 1 aliphatic heterocycles. The zero-order valence-corrected chi connectivity index (χ0v) is 13.1. The van der Waals surface area contributed by atoms with E-state index >= 15 is 0 Å². The molecule has 0 bridgehead atoms. The number of hydrogen-bond donors (Lipinski definition) is 3. The van der Waals surface area contributed by atoms with E-state index in [1.807, 2.05) is 29.1 Å². The zero-order chi connectivity index (χ0) is 15.4. The van der Waals surface area contributed by atoms with E-state index in [4.69, 9.17) is 0 Å². The van der Waals surface area contributed by atoms with Gasteiger partial charge >= 0.3 is 0 Å². The van der Waals surface area contributed by atoms with Crippen molar-refractivity contribution >= 4 is 17.2 Å². The van der Waals surface area contributed by atoms with Gasteiger partial charge in [0.1, 0.15) is 5.54 Å². The molecule has 1 atom stereocenters. The van der Waals surface area contributed by atoms with Gasteiger partial charge in [-0.2, -0.15) is 16.4 Å². The molecule has 0 radical (unpaired) electrons. The number of carbonyl (C=O) groups excluding carboxylic acids is 1. The van der Waals surface area contributed by atoms with Crippen molar-refractivity contribution in [1.29, 1.82) is 0 Å². The van der Waals surface area contributed by atoms with Crippen LogP contribution in [0.2, 0.25) is 0 Å². The quantitative estimate of drug-likeness (QED) is 0.764. The molecule has 1 saturated heterocycles. The molecule has 3 rings (SSSR count). The monoisotopic (exact) mass is 320 g/mol. The van der Waals surface area contributed by atoms with Crippen LogP contribution in [0.3, 0.4) is 0 Å². The lowest BCUT2D eigenvalue weighted by Gasteiger charge is -2.36. The van der Waals surface area contributed by atoms with Crippen LogP contribution in [0.4, 0.5) is 0 Å². The molecular weight excluding hydrogens is 300 g/mol. The van der Waals surface area contributed by atoms with Crippen molar-refractivity contribution in [2.45, 2.75) is 24.5 Å². The van der Waals surface area contributed by atoms with Gasteiger partial charge in [0.2, 0.25) is 5.91 Å². The summed E-state index contributed by atoms with van der Waals surface area (Å²) in [5.74, 6) is -0.0769. The van der Waals surface area contributed by atoms with Crippen LogP contribution in [-0.4, -0.2) is 40.4 Å². The molecule has 3 N–H and O–H groups in total. The Morgan fingerprint density at radius 1 is 1.55 bits per heavy atom. The van der Waals surface area contributed by atoms with Gasteiger partial charge in [-0.1, -0.05) is 0 Å². The molecule has 7 heteroatoms. The molecule has 1 unspecified atom stereocenters. The molecule has 118 valence electrons. The molecular formula is C15H20N4O2S. The Hall–Kier alpha value is -1.70. The van der Waals surface area contributed by atoms with Crippen LogP contribution in [-0.2, 0) is 10.3 Å². The minimum atomic E-state index is -0.674. The van der Waals surface area contributed by atoms with E-state index in [2.05, 4.69) is 15.7 Å². The lowest BCUT2D eigenvalue weighted by Crippen LogP contribution is -2.55. The number of piperidine rings is 1. The molecule has 6 nitrogen and oxygen atoms in total. The summed E-state index contributed by atoms with van der Waals surface area (Å²) in [6, 6.07) is 3.70. The van der Waals surface area contributed by atoms with E-state index in [1.54, 1.807) is 10.9 Å². The summed E-state index contributed by atoms with van der Waals surface area (Å²) >= 11 is 1.53. The highest BCUT2D eigenvalue weighted by molar-refractivity contribution is 7.07. The van der Waals surface area contributed by atoms with Crippen LogP contribution < -0.4 is 10.6 Å². The van der Waals surface area contributed by atoms with E-state index in [0.29, 0.717) is 12.8 Å². The van der Waals surface area contributed by atoms with Gasteiger partial charge in [-0.3, -0.25) is 9.48 Å². The van der Waals surface area contributed by atoms with E-state index in [0.717, 1.165) is 18.7 Å². The SMILES string of the molecule is O=C(NCC(O)c1ccsc1)C1(n2cccn2)CCNCC1. The highest BCUT2D eigenvalue weighted by Gasteiger charge is 2.41. The molecule has 22 heavy (non-hydrogen) atoms. The molecule has 1 aliphatic rings. The third kappa shape index (κ3) is 2.92. The minimum Gasteiger partial charge on any atom is -0.387 e. The van der Waals surface area contributed by atoms with Crippen molar-refractivity contribution in [2.24, 2.45) is 0 Å². The molecule has 0 aliphatic carbocycles. The number of hydrogen-bond acceptors (Lipinski definition) is 5. The minimum absolute atomic E-state index is 0.0769. The Morgan fingerprint density at radius 3 is 3.00 bits per heavy atom. The maximum atomic E-state index is 12.8. The Balaban J connectivity index is 1.70. The summed E-state index contributed by atoms with van der Waals surface area (Å²) in [5.41, 5.74) is 0.173. The molecule has 1 amide bonds. The number of aromatic nitrogens is 2. The second-order valence-electron chi connectivity index (χ2n) is 5.51. The fraction of sp³-hybridized carbons (Fsp3) is 0.467. The van der Waals surface area contributed by atoms with Gasteiger partial charge in [-0.05, 0) is 54.4 Å². The first-order valence-electron chi connectivity index (χ1n) is 7.42. The van der Waals surface area contributed by atoms with Crippen LogP contribution in [0.1, 0.15) is 24.5 Å². The maximum Gasteiger partial charge on any atom is 0.248 e. The van der Waals surface area contributed by atoms with Gasteiger partial charge in [-0.25, -0.2) is 0 Å². The van der Waals surface area contributed by atoms with Crippen molar-refractivity contribution in [1.82, 2.24) is 20.4 Å². The summed E-state index contributed by atoms with van der Waals surface area (Å²) < 4.78 is 1.75. The van der Waals surface area contributed by atoms with Crippen molar-refractivity contribution < 1.29 is 9.90 Å². The van der Waals surface area contributed by atoms with Crippen LogP contribution >= 0.6 is 11.3 Å². The van der Waals surface area contributed by atoms with E-state index in [-0.39, 0.29) is 12.5 Å². The topological polar surface area (TPSA) is 79.2 Å². The normalized spacial score (nSPS) is 18.8. The van der Waals surface area contributed by atoms with Crippen LogP contribution in [0.25, 0.3) is 0 Å². The number of rotatable bonds is 5. The van der Waals surface area contributed by atoms with Crippen molar-refractivity contribution in [2.75, 3.05) is 19.6 Å². The number of nitrogens with one attached hydrogen (secondary N) is 2. The lowest BCUT2D eigenvalue weighted by molar-refractivity contribution is -0.132. The maximum absolute atomic E-state index is 12.8. The molecule has 3 heterocycles. The zero-order valence-electron chi connectivity index (χ0n) is 12.2. The first kappa shape index (κ1) is 15.2. The number of nitrogens with zero attached hydrogens (tertiary/aromatic N) is 2. The Morgan fingerprint density at radius 2 is 2.36 bits per heavy atom. The third-order valence-corrected chi connectivity index (χ3v) is 4.88. The average molecular weight is 320 g/mol. The van der Waals surface area contributed by atoms with Gasteiger partial charge < -0.3 is 15.7 Å². The molecule has 2 aromatic rings. The summed E-state index contributed by atoms with van der Waals surface area (Å²) in [6.45, 7) is 1.77. The molecule has 0 spiro atoms. The number of carbonyl (C=O) groups is 1. The summed E-state index contributed by atoms with van der Waals surface area (Å²) in [7, 11) is 0. The van der Waals surface area contributed by atoms with Crippen molar-refractivity contribution in [3.63, 3.8) is 0 Å². The van der Waals surface area contributed by atoms with Crippen molar-refractivity contribution in [3.05, 3.63) is 40.8 Å². The van der Waals surface area contributed by atoms with Gasteiger partial charge in [0.15, 0.2) is 0 Å². The fourth-order valence-electron chi connectivity index (χ4n) is 2.86. The first-order chi connectivity index (χ1) is 10.7. The largest absolute Gasteiger partial charge is 0.387 e. The predicted molar refractivity (Wildman–Crippen MR) is 84.6 cm³/mol. The summed E-state index contributed by atoms with van der Waals surface area (Å²) in [5, 5.41) is 24.4. The highest BCUT2D eigenvalue weighted by atomic mass is 32.1. The number of aliphatic hydroxyl groups excluding tert-OH is 1. The second kappa shape index (κ2) is 6.60. The molecule has 1 fully saturated rings. The molecule has 2 aromatic heterocycles.